The number of anilines is 1. The summed E-state index contributed by atoms with van der Waals surface area (Å²) in [6.45, 7) is 2.00. The van der Waals surface area contributed by atoms with E-state index in [0.29, 0.717) is 23.1 Å². The number of rotatable bonds is 5. The van der Waals surface area contributed by atoms with Crippen molar-refractivity contribution in [2.24, 2.45) is 0 Å². The van der Waals surface area contributed by atoms with Crippen LogP contribution in [0.2, 0.25) is 0 Å². The van der Waals surface area contributed by atoms with E-state index in [9.17, 15) is 5.26 Å². The van der Waals surface area contributed by atoms with Gasteiger partial charge in [0, 0.05) is 0 Å². The lowest BCUT2D eigenvalue weighted by Gasteiger charge is -2.13. The second-order valence-corrected chi connectivity index (χ2v) is 5.29. The fraction of sp³-hybridized carbons (Fsp3) is 0.158. The van der Waals surface area contributed by atoms with Crippen LogP contribution in [0, 0.1) is 11.3 Å². The van der Waals surface area contributed by atoms with Crippen LogP contribution >= 0.6 is 0 Å². The molecule has 3 rings (SSSR count). The Bertz CT molecular complexity index is 866. The van der Waals surface area contributed by atoms with E-state index < -0.39 is 0 Å². The molecule has 1 aromatic heterocycles. The monoisotopic (exact) mass is 319 g/mol. The fourth-order valence-electron chi connectivity index (χ4n) is 2.45. The first-order valence-electron chi connectivity index (χ1n) is 7.58. The Hall–Kier alpha value is -3.26. The first-order chi connectivity index (χ1) is 11.7. The van der Waals surface area contributed by atoms with Crippen LogP contribution in [-0.4, -0.2) is 12.1 Å². The van der Waals surface area contributed by atoms with Gasteiger partial charge in [-0.2, -0.15) is 10.2 Å². The Morgan fingerprint density at radius 1 is 1.12 bits per heavy atom. The van der Waals surface area contributed by atoms with Gasteiger partial charge in [0.05, 0.1) is 18.7 Å². The summed E-state index contributed by atoms with van der Waals surface area (Å²) < 4.78 is 11.1. The summed E-state index contributed by atoms with van der Waals surface area (Å²) in [5.41, 5.74) is 2.02. The average molecular weight is 319 g/mol. The lowest BCUT2D eigenvalue weighted by atomic mass is 10.1. The number of methoxy groups -OCH3 is 1. The van der Waals surface area contributed by atoms with Gasteiger partial charge in [0.2, 0.25) is 17.5 Å². The van der Waals surface area contributed by atoms with Gasteiger partial charge in [-0.3, -0.25) is 0 Å². The molecule has 1 unspecified atom stereocenters. The Morgan fingerprint density at radius 3 is 2.54 bits per heavy atom. The molecule has 5 nitrogen and oxygen atoms in total. The van der Waals surface area contributed by atoms with Crippen molar-refractivity contribution >= 4 is 5.88 Å². The van der Waals surface area contributed by atoms with Crippen LogP contribution in [0.3, 0.4) is 0 Å². The third-order valence-electron chi connectivity index (χ3n) is 3.72. The minimum absolute atomic E-state index is 0.0169. The predicted molar refractivity (Wildman–Crippen MR) is 91.7 cm³/mol. The third-order valence-corrected chi connectivity index (χ3v) is 3.72. The van der Waals surface area contributed by atoms with Crippen LogP contribution < -0.4 is 10.1 Å². The number of nitriles is 1. The van der Waals surface area contributed by atoms with Gasteiger partial charge in [0.15, 0.2) is 0 Å². The minimum Gasteiger partial charge on any atom is -0.496 e. The topological polar surface area (TPSA) is 71.1 Å². The molecule has 1 heterocycles. The van der Waals surface area contributed by atoms with Crippen molar-refractivity contribution in [1.82, 2.24) is 4.98 Å². The van der Waals surface area contributed by atoms with Crippen LogP contribution in [-0.2, 0) is 0 Å². The van der Waals surface area contributed by atoms with E-state index in [-0.39, 0.29) is 11.7 Å². The molecule has 0 saturated heterocycles. The van der Waals surface area contributed by atoms with E-state index in [1.54, 1.807) is 7.11 Å². The van der Waals surface area contributed by atoms with E-state index in [4.69, 9.17) is 9.15 Å². The number of hydrogen-bond donors (Lipinski definition) is 1. The summed E-state index contributed by atoms with van der Waals surface area (Å²) >= 11 is 0. The molecule has 0 spiro atoms. The molecule has 24 heavy (non-hydrogen) atoms. The average Bonchev–Trinajstić information content (AvgIpc) is 3.05. The molecule has 3 aromatic rings. The first kappa shape index (κ1) is 15.6. The summed E-state index contributed by atoms with van der Waals surface area (Å²) in [6.07, 6.45) is 0. The van der Waals surface area contributed by atoms with Gasteiger partial charge in [-0.05, 0) is 24.6 Å². The molecular weight excluding hydrogens is 302 g/mol. The first-order valence-corrected chi connectivity index (χ1v) is 7.58. The van der Waals surface area contributed by atoms with Crippen molar-refractivity contribution in [2.45, 2.75) is 13.0 Å². The fourth-order valence-corrected chi connectivity index (χ4v) is 2.45. The highest BCUT2D eigenvalue weighted by Gasteiger charge is 2.19. The van der Waals surface area contributed by atoms with Gasteiger partial charge in [0.25, 0.3) is 0 Å². The number of nitrogens with one attached hydrogen (secondary N) is 1. The molecule has 2 aromatic carbocycles. The van der Waals surface area contributed by atoms with Crippen LogP contribution in [0.4, 0.5) is 5.88 Å². The van der Waals surface area contributed by atoms with Crippen molar-refractivity contribution in [3.8, 4) is 23.3 Å². The summed E-state index contributed by atoms with van der Waals surface area (Å²) in [4.78, 5) is 4.28. The van der Waals surface area contributed by atoms with Crippen molar-refractivity contribution in [3.05, 3.63) is 65.9 Å². The predicted octanol–water partition coefficient (Wildman–Crippen LogP) is 4.39. The molecular formula is C19H17N3O2. The number of oxazole rings is 1. The van der Waals surface area contributed by atoms with Crippen LogP contribution in [0.5, 0.6) is 5.75 Å². The number of hydrogen-bond acceptors (Lipinski definition) is 5. The van der Waals surface area contributed by atoms with E-state index in [1.807, 2.05) is 61.5 Å². The molecule has 0 aliphatic rings. The molecule has 0 amide bonds. The maximum Gasteiger partial charge on any atom is 0.233 e. The largest absolute Gasteiger partial charge is 0.496 e. The zero-order valence-corrected chi connectivity index (χ0v) is 13.5. The lowest BCUT2D eigenvalue weighted by Crippen LogP contribution is -2.06. The molecule has 5 heteroatoms. The molecule has 0 aliphatic carbocycles. The number of aromatic nitrogens is 1. The molecule has 0 aliphatic heterocycles. The van der Waals surface area contributed by atoms with Gasteiger partial charge in [-0.1, -0.05) is 42.5 Å². The standard InChI is InChI=1S/C19H17N3O2/c1-13(14-8-4-3-5-9-14)21-19-16(12-20)22-18(24-19)15-10-6-7-11-17(15)23-2/h3-11,13,21H,1-2H3. The molecule has 0 radical (unpaired) electrons. The van der Waals surface area contributed by atoms with Gasteiger partial charge < -0.3 is 14.5 Å². The maximum absolute atomic E-state index is 9.34. The number of ether oxygens (including phenoxy) is 1. The summed E-state index contributed by atoms with van der Waals surface area (Å²) in [7, 11) is 1.59. The van der Waals surface area contributed by atoms with Crippen molar-refractivity contribution in [1.29, 1.82) is 5.26 Å². The van der Waals surface area contributed by atoms with Gasteiger partial charge in [0.1, 0.15) is 11.8 Å². The van der Waals surface area contributed by atoms with Crippen LogP contribution in [0.15, 0.2) is 59.0 Å². The van der Waals surface area contributed by atoms with Crippen LogP contribution in [0.25, 0.3) is 11.5 Å². The normalized spacial score (nSPS) is 11.5. The Balaban J connectivity index is 1.93. The van der Waals surface area contributed by atoms with Crippen molar-refractivity contribution in [2.75, 3.05) is 12.4 Å². The van der Waals surface area contributed by atoms with Gasteiger partial charge in [-0.15, -0.1) is 0 Å². The van der Waals surface area contributed by atoms with Gasteiger partial charge >= 0.3 is 0 Å². The highest BCUT2D eigenvalue weighted by Crippen LogP contribution is 2.33. The third kappa shape index (κ3) is 3.08. The number of para-hydroxylation sites is 1. The minimum atomic E-state index is -0.0169. The Labute approximate surface area is 140 Å². The number of benzene rings is 2. The van der Waals surface area contributed by atoms with Gasteiger partial charge in [-0.25, -0.2) is 0 Å². The van der Waals surface area contributed by atoms with E-state index in [0.717, 1.165) is 5.56 Å². The Kier molecular flexibility index (Phi) is 4.48. The maximum atomic E-state index is 9.34. The van der Waals surface area contributed by atoms with Crippen molar-refractivity contribution in [3.63, 3.8) is 0 Å². The highest BCUT2D eigenvalue weighted by atomic mass is 16.5. The van der Waals surface area contributed by atoms with Crippen LogP contribution in [0.1, 0.15) is 24.2 Å². The summed E-state index contributed by atoms with van der Waals surface area (Å²) in [5.74, 6) is 1.35. The summed E-state index contributed by atoms with van der Waals surface area (Å²) in [5, 5.41) is 12.6. The van der Waals surface area contributed by atoms with E-state index in [1.165, 1.54) is 0 Å². The second kappa shape index (κ2) is 6.88. The lowest BCUT2D eigenvalue weighted by molar-refractivity contribution is 0.414. The molecule has 0 saturated carbocycles. The zero-order valence-electron chi connectivity index (χ0n) is 13.5. The second-order valence-electron chi connectivity index (χ2n) is 5.29. The van der Waals surface area contributed by atoms with E-state index >= 15 is 0 Å². The summed E-state index contributed by atoms with van der Waals surface area (Å²) in [6, 6.07) is 19.4. The molecule has 0 fully saturated rings. The zero-order chi connectivity index (χ0) is 16.9. The molecule has 1 N–H and O–H groups in total. The van der Waals surface area contributed by atoms with E-state index in [2.05, 4.69) is 16.4 Å². The highest BCUT2D eigenvalue weighted by molar-refractivity contribution is 5.65. The quantitative estimate of drug-likeness (QED) is 0.755. The Morgan fingerprint density at radius 2 is 1.83 bits per heavy atom. The molecule has 120 valence electrons. The SMILES string of the molecule is COc1ccccc1-c1nc(C#N)c(NC(C)c2ccccc2)o1. The van der Waals surface area contributed by atoms with Crippen molar-refractivity contribution < 1.29 is 9.15 Å². The molecule has 0 bridgehead atoms. The smallest absolute Gasteiger partial charge is 0.233 e. The molecule has 1 atom stereocenters. The number of nitrogens with zero attached hydrogens (tertiary/aromatic N) is 2.